The van der Waals surface area contributed by atoms with Crippen molar-refractivity contribution in [3.8, 4) is 11.5 Å². The summed E-state index contributed by atoms with van der Waals surface area (Å²) in [5.74, 6) is 2.22. The fourth-order valence-electron chi connectivity index (χ4n) is 3.18. The number of nitrogens with one attached hydrogen (secondary N) is 2. The monoisotopic (exact) mass is 476 g/mol. The summed E-state index contributed by atoms with van der Waals surface area (Å²) in [5, 5.41) is 5.91. The molecule has 0 spiro atoms. The molecular weight excluding hydrogens is 452 g/mol. The van der Waals surface area contributed by atoms with Gasteiger partial charge in [0.1, 0.15) is 22.2 Å². The first-order valence-electron chi connectivity index (χ1n) is 9.99. The number of thioether (sulfide) groups is 1. The summed E-state index contributed by atoms with van der Waals surface area (Å²) in [6, 6.07) is 10.3. The molecule has 0 bridgehead atoms. The van der Waals surface area contributed by atoms with Crippen LogP contribution in [-0.4, -0.2) is 44.9 Å². The molecule has 170 valence electrons. The first kappa shape index (κ1) is 23.8. The molecule has 2 aromatic rings. The maximum Gasteiger partial charge on any atom is 0.265 e. The van der Waals surface area contributed by atoms with Crippen LogP contribution >= 0.6 is 23.4 Å². The van der Waals surface area contributed by atoms with E-state index in [9.17, 15) is 9.59 Å². The van der Waals surface area contributed by atoms with E-state index in [4.69, 9.17) is 25.8 Å². The van der Waals surface area contributed by atoms with E-state index in [2.05, 4.69) is 10.6 Å². The summed E-state index contributed by atoms with van der Waals surface area (Å²) in [4.78, 5) is 25.6. The number of anilines is 1. The normalized spacial score (nSPS) is 13.2. The number of rotatable bonds is 8. The molecule has 1 aliphatic rings. The number of carbonyl (C=O) groups is 2. The predicted octanol–water partition coefficient (Wildman–Crippen LogP) is 4.26. The van der Waals surface area contributed by atoms with Gasteiger partial charge in [0.2, 0.25) is 0 Å². The van der Waals surface area contributed by atoms with Gasteiger partial charge in [-0.05, 0) is 55.3 Å². The summed E-state index contributed by atoms with van der Waals surface area (Å²) in [7, 11) is 3.20. The average Bonchev–Trinajstić information content (AvgIpc) is 2.79. The molecule has 0 saturated carbocycles. The molecule has 9 heteroatoms. The van der Waals surface area contributed by atoms with Gasteiger partial charge in [0.15, 0.2) is 0 Å². The first-order chi connectivity index (χ1) is 15.4. The molecule has 1 heterocycles. The van der Waals surface area contributed by atoms with E-state index in [0.717, 1.165) is 22.8 Å². The van der Waals surface area contributed by atoms with Crippen molar-refractivity contribution in [1.29, 1.82) is 0 Å². The third-order valence-corrected chi connectivity index (χ3v) is 6.26. The number of benzene rings is 2. The second-order valence-electron chi connectivity index (χ2n) is 6.91. The minimum atomic E-state index is -0.301. The van der Waals surface area contributed by atoms with E-state index in [1.54, 1.807) is 39.3 Å². The van der Waals surface area contributed by atoms with Gasteiger partial charge < -0.3 is 24.8 Å². The lowest BCUT2D eigenvalue weighted by Gasteiger charge is -2.18. The Kier molecular flexibility index (Phi) is 8.30. The maximum absolute atomic E-state index is 12.6. The Bertz CT molecular complexity index is 1040. The fraction of sp³-hybridized carbons (Fsp3) is 0.304. The number of ether oxygens (including phenoxy) is 3. The smallest absolute Gasteiger partial charge is 0.265 e. The van der Waals surface area contributed by atoms with Crippen LogP contribution in [0.2, 0.25) is 5.02 Å². The maximum atomic E-state index is 12.6. The molecule has 0 aromatic heterocycles. The van der Waals surface area contributed by atoms with Crippen molar-refractivity contribution in [1.82, 2.24) is 5.32 Å². The predicted molar refractivity (Wildman–Crippen MR) is 127 cm³/mol. The highest BCUT2D eigenvalue weighted by Gasteiger charge is 2.19. The molecule has 2 aromatic carbocycles. The van der Waals surface area contributed by atoms with Crippen molar-refractivity contribution in [2.75, 3.05) is 38.4 Å². The van der Waals surface area contributed by atoms with Crippen LogP contribution in [0.4, 0.5) is 5.69 Å². The number of amides is 2. The van der Waals surface area contributed by atoms with E-state index in [1.807, 2.05) is 18.2 Å². The Balaban J connectivity index is 1.60. The van der Waals surface area contributed by atoms with Crippen LogP contribution in [0.3, 0.4) is 0 Å². The third kappa shape index (κ3) is 5.89. The molecule has 1 aliphatic heterocycles. The standard InChI is InChI=1S/C23H25ClN2O5S/c1-14-21(32-11-10-31-14)23(28)26-16-4-6-18(19(24)13-16)22(27)25-9-8-15-12-17(29-2)5-7-20(15)30-3/h4-7,12-13H,8-11H2,1-3H3,(H,25,27)(H,26,28). The zero-order valence-corrected chi connectivity index (χ0v) is 19.7. The summed E-state index contributed by atoms with van der Waals surface area (Å²) in [5.41, 5.74) is 1.75. The van der Waals surface area contributed by atoms with Crippen molar-refractivity contribution < 1.29 is 23.8 Å². The van der Waals surface area contributed by atoms with Gasteiger partial charge in [-0.1, -0.05) is 11.6 Å². The molecule has 0 saturated heterocycles. The fourth-order valence-corrected chi connectivity index (χ4v) is 4.26. The minimum Gasteiger partial charge on any atom is -0.497 e. The van der Waals surface area contributed by atoms with Crippen LogP contribution in [0, 0.1) is 0 Å². The summed E-state index contributed by atoms with van der Waals surface area (Å²) in [6.07, 6.45) is 0.562. The highest BCUT2D eigenvalue weighted by atomic mass is 35.5. The van der Waals surface area contributed by atoms with Gasteiger partial charge in [0.05, 0.1) is 31.4 Å². The lowest BCUT2D eigenvalue weighted by atomic mass is 10.1. The Labute approximate surface area is 196 Å². The molecular formula is C23H25ClN2O5S. The minimum absolute atomic E-state index is 0.248. The van der Waals surface area contributed by atoms with Gasteiger partial charge in [0, 0.05) is 18.0 Å². The van der Waals surface area contributed by atoms with Crippen LogP contribution in [0.15, 0.2) is 47.1 Å². The molecule has 0 fully saturated rings. The van der Waals surface area contributed by atoms with Crippen molar-refractivity contribution >= 4 is 40.9 Å². The van der Waals surface area contributed by atoms with E-state index >= 15 is 0 Å². The number of halogens is 1. The van der Waals surface area contributed by atoms with Crippen LogP contribution in [0.5, 0.6) is 11.5 Å². The first-order valence-corrected chi connectivity index (χ1v) is 11.4. The van der Waals surface area contributed by atoms with Gasteiger partial charge in [0.25, 0.3) is 11.8 Å². The molecule has 7 nitrogen and oxygen atoms in total. The molecule has 0 unspecified atom stereocenters. The second-order valence-corrected chi connectivity index (χ2v) is 8.43. The SMILES string of the molecule is COc1ccc(OC)c(CCNC(=O)c2ccc(NC(=O)C3=C(C)OCCS3)cc2Cl)c1. The van der Waals surface area contributed by atoms with E-state index in [0.29, 0.717) is 41.5 Å². The van der Waals surface area contributed by atoms with Gasteiger partial charge in [-0.2, -0.15) is 0 Å². The molecule has 3 rings (SSSR count). The van der Waals surface area contributed by atoms with E-state index in [-0.39, 0.29) is 16.8 Å². The van der Waals surface area contributed by atoms with Gasteiger partial charge in [-0.25, -0.2) is 0 Å². The molecule has 2 N–H and O–H groups in total. The second kappa shape index (κ2) is 11.2. The van der Waals surface area contributed by atoms with E-state index in [1.165, 1.54) is 11.8 Å². The van der Waals surface area contributed by atoms with E-state index < -0.39 is 0 Å². The van der Waals surface area contributed by atoms with Gasteiger partial charge >= 0.3 is 0 Å². The Hall–Kier alpha value is -2.84. The van der Waals surface area contributed by atoms with Crippen LogP contribution in [-0.2, 0) is 16.0 Å². The number of hydrogen-bond donors (Lipinski definition) is 2. The zero-order chi connectivity index (χ0) is 23.1. The largest absolute Gasteiger partial charge is 0.497 e. The quantitative estimate of drug-likeness (QED) is 0.592. The van der Waals surface area contributed by atoms with Crippen LogP contribution in [0.25, 0.3) is 0 Å². The Morgan fingerprint density at radius 2 is 1.94 bits per heavy atom. The average molecular weight is 477 g/mol. The number of methoxy groups -OCH3 is 2. The Morgan fingerprint density at radius 1 is 1.12 bits per heavy atom. The summed E-state index contributed by atoms with van der Waals surface area (Å²) in [6.45, 7) is 2.75. The lowest BCUT2D eigenvalue weighted by molar-refractivity contribution is -0.112. The molecule has 0 atom stereocenters. The highest BCUT2D eigenvalue weighted by molar-refractivity contribution is 8.04. The molecule has 0 aliphatic carbocycles. The number of carbonyl (C=O) groups excluding carboxylic acids is 2. The molecule has 32 heavy (non-hydrogen) atoms. The summed E-state index contributed by atoms with van der Waals surface area (Å²) < 4.78 is 16.0. The third-order valence-electron chi connectivity index (χ3n) is 4.81. The van der Waals surface area contributed by atoms with Crippen molar-refractivity contribution in [3.63, 3.8) is 0 Å². The molecule has 0 radical (unpaired) electrons. The number of allylic oxidation sites excluding steroid dienone is 1. The van der Waals surface area contributed by atoms with Gasteiger partial charge in [-0.15, -0.1) is 11.8 Å². The van der Waals surface area contributed by atoms with Gasteiger partial charge in [-0.3, -0.25) is 9.59 Å². The van der Waals surface area contributed by atoms with Crippen LogP contribution in [0.1, 0.15) is 22.8 Å². The molecule has 2 amide bonds. The topological polar surface area (TPSA) is 85.9 Å². The van der Waals surface area contributed by atoms with Crippen molar-refractivity contribution in [2.45, 2.75) is 13.3 Å². The van der Waals surface area contributed by atoms with Crippen LogP contribution < -0.4 is 20.1 Å². The lowest BCUT2D eigenvalue weighted by Crippen LogP contribution is -2.26. The van der Waals surface area contributed by atoms with Crippen molar-refractivity contribution in [3.05, 3.63) is 63.2 Å². The Morgan fingerprint density at radius 3 is 2.62 bits per heavy atom. The number of hydrogen-bond acceptors (Lipinski definition) is 6. The van der Waals surface area contributed by atoms with Crippen molar-refractivity contribution in [2.24, 2.45) is 0 Å². The summed E-state index contributed by atoms with van der Waals surface area (Å²) >= 11 is 7.77. The highest BCUT2D eigenvalue weighted by Crippen LogP contribution is 2.28. The zero-order valence-electron chi connectivity index (χ0n) is 18.1.